The van der Waals surface area contributed by atoms with Gasteiger partial charge in [-0.1, -0.05) is 49.8 Å². The van der Waals surface area contributed by atoms with Crippen molar-refractivity contribution in [2.45, 2.75) is 37.8 Å². The van der Waals surface area contributed by atoms with Crippen LogP contribution in [0.3, 0.4) is 0 Å². The molecule has 0 saturated heterocycles. The summed E-state index contributed by atoms with van der Waals surface area (Å²) in [5.74, 6) is -8.82. The molecule has 0 saturated carbocycles. The number of aliphatic hydroxyl groups is 2. The molecule has 11 heteroatoms. The Balaban J connectivity index is 1.55. The summed E-state index contributed by atoms with van der Waals surface area (Å²) in [6, 6.07) is 19.7. The third kappa shape index (κ3) is 6.94. The molecule has 0 bridgehead atoms. The van der Waals surface area contributed by atoms with Crippen LogP contribution in [-0.4, -0.2) is 28.3 Å². The lowest BCUT2D eigenvalue weighted by atomic mass is 9.91. The van der Waals surface area contributed by atoms with Gasteiger partial charge in [0, 0.05) is 37.5 Å². The fourth-order valence-corrected chi connectivity index (χ4v) is 5.76. The van der Waals surface area contributed by atoms with Crippen LogP contribution in [0.1, 0.15) is 63.2 Å². The second kappa shape index (κ2) is 13.0. The highest BCUT2D eigenvalue weighted by atomic mass is 127. The molecule has 5 rings (SSSR count). The summed E-state index contributed by atoms with van der Waals surface area (Å²) in [4.78, 5) is 5.84. The van der Waals surface area contributed by atoms with E-state index in [9.17, 15) is 23.4 Å². The Hall–Kier alpha value is -3.70. The summed E-state index contributed by atoms with van der Waals surface area (Å²) in [6.45, 7) is 6.38. The Labute approximate surface area is 271 Å². The molecule has 2 heterocycles. The smallest absolute Gasteiger partial charge is 0.200 e. The van der Waals surface area contributed by atoms with E-state index in [0.717, 1.165) is 9.13 Å². The second-order valence-corrected chi connectivity index (χ2v) is 17.6. The Morgan fingerprint density at radius 1 is 0.600 bits per heavy atom. The molecule has 3 aromatic carbocycles. The van der Waals surface area contributed by atoms with Gasteiger partial charge >= 0.3 is 0 Å². The van der Waals surface area contributed by atoms with E-state index in [2.05, 4.69) is 63.7 Å². The molecule has 3 unspecified atom stereocenters. The van der Waals surface area contributed by atoms with Crippen LogP contribution in [0.15, 0.2) is 72.8 Å². The van der Waals surface area contributed by atoms with Crippen molar-refractivity contribution in [3.8, 4) is 11.5 Å². The maximum atomic E-state index is 15.2. The number of benzene rings is 3. The highest BCUT2D eigenvalue weighted by molar-refractivity contribution is 14.1. The van der Waals surface area contributed by atoms with Crippen LogP contribution in [-0.2, 0) is 0 Å². The number of hydrogen-bond acceptors (Lipinski definition) is 2. The van der Waals surface area contributed by atoms with Crippen molar-refractivity contribution in [2.24, 2.45) is 0 Å². The Morgan fingerprint density at radius 2 is 1.00 bits per heavy atom. The molecule has 0 aliphatic heterocycles. The maximum Gasteiger partial charge on any atom is 0.200 e. The molecule has 0 amide bonds. The third-order valence-electron chi connectivity index (χ3n) is 7.20. The van der Waals surface area contributed by atoms with Gasteiger partial charge in [0.1, 0.15) is 20.3 Å². The van der Waals surface area contributed by atoms with E-state index in [-0.39, 0.29) is 22.8 Å². The van der Waals surface area contributed by atoms with Gasteiger partial charge in [0.05, 0.1) is 5.92 Å². The molecule has 0 aliphatic rings. The summed E-state index contributed by atoms with van der Waals surface area (Å²) in [6.07, 6.45) is -2.36. The highest BCUT2D eigenvalue weighted by Crippen LogP contribution is 2.38. The lowest BCUT2D eigenvalue weighted by Gasteiger charge is -2.19. The van der Waals surface area contributed by atoms with Crippen molar-refractivity contribution in [1.29, 1.82) is 0 Å². The SMILES string of the molecule is C[Si](C)(C)C#Cc1ccc(C(O)c2ccc(C(c3ccc(C(O)c4ccc(I)cc4)[nH]3)c3c(F)c(F)c(F)c(F)c3F)[nH]2)cc1. The number of aromatic nitrogens is 2. The minimum Gasteiger partial charge on any atom is -0.382 e. The van der Waals surface area contributed by atoms with Gasteiger partial charge in [-0.15, -0.1) is 5.54 Å². The predicted molar refractivity (Wildman–Crippen MR) is 173 cm³/mol. The van der Waals surface area contributed by atoms with E-state index in [4.69, 9.17) is 0 Å². The number of nitrogens with one attached hydrogen (secondary N) is 2. The lowest BCUT2D eigenvalue weighted by Crippen LogP contribution is -2.16. The van der Waals surface area contributed by atoms with Crippen LogP contribution < -0.4 is 0 Å². The summed E-state index contributed by atoms with van der Waals surface area (Å²) >= 11 is 2.12. The molecular formula is C34H28F5IN2O2Si. The quantitative estimate of drug-likeness (QED) is 0.0339. The fraction of sp³-hybridized carbons (Fsp3) is 0.176. The van der Waals surface area contributed by atoms with Crippen molar-refractivity contribution < 1.29 is 32.2 Å². The number of rotatable bonds is 7. The van der Waals surface area contributed by atoms with Gasteiger partial charge in [0.2, 0.25) is 5.82 Å². The zero-order valence-corrected chi connectivity index (χ0v) is 27.5. The van der Waals surface area contributed by atoms with E-state index < -0.39 is 60.8 Å². The van der Waals surface area contributed by atoms with Crippen molar-refractivity contribution in [3.05, 3.63) is 150 Å². The van der Waals surface area contributed by atoms with Crippen LogP contribution >= 0.6 is 22.6 Å². The summed E-state index contributed by atoms with van der Waals surface area (Å²) in [5, 5.41) is 22.1. The number of aliphatic hydroxyl groups excluding tert-OH is 2. The molecule has 2 aromatic heterocycles. The van der Waals surface area contributed by atoms with Gasteiger partial charge < -0.3 is 20.2 Å². The minimum absolute atomic E-state index is 0.0436. The molecular weight excluding hydrogens is 718 g/mol. The molecule has 4 nitrogen and oxygen atoms in total. The lowest BCUT2D eigenvalue weighted by molar-refractivity contribution is 0.215. The first-order valence-electron chi connectivity index (χ1n) is 13.9. The number of halogens is 6. The normalized spacial score (nSPS) is 13.7. The average molecular weight is 747 g/mol. The topological polar surface area (TPSA) is 72.0 Å². The molecule has 0 aliphatic carbocycles. The fourth-order valence-electron chi connectivity index (χ4n) is 4.88. The average Bonchev–Trinajstić information content (AvgIpc) is 3.71. The van der Waals surface area contributed by atoms with Crippen LogP contribution in [0.25, 0.3) is 0 Å². The number of aromatic amines is 2. The minimum atomic E-state index is -2.27. The first-order valence-corrected chi connectivity index (χ1v) is 18.5. The van der Waals surface area contributed by atoms with E-state index in [1.165, 1.54) is 24.3 Å². The molecule has 0 fully saturated rings. The zero-order chi connectivity index (χ0) is 32.6. The molecule has 232 valence electrons. The van der Waals surface area contributed by atoms with Crippen LogP contribution in [0.4, 0.5) is 22.0 Å². The predicted octanol–water partition coefficient (Wildman–Crippen LogP) is 8.22. The molecule has 0 spiro atoms. The van der Waals surface area contributed by atoms with Gasteiger partial charge in [-0.05, 0) is 82.2 Å². The number of hydrogen-bond donors (Lipinski definition) is 4. The Morgan fingerprint density at radius 3 is 1.44 bits per heavy atom. The van der Waals surface area contributed by atoms with Gasteiger partial charge in [-0.3, -0.25) is 0 Å². The summed E-state index contributed by atoms with van der Waals surface area (Å²) in [7, 11) is -1.59. The molecule has 0 radical (unpaired) electrons. The van der Waals surface area contributed by atoms with E-state index in [1.54, 1.807) is 48.5 Å². The highest BCUT2D eigenvalue weighted by Gasteiger charge is 2.34. The van der Waals surface area contributed by atoms with Crippen LogP contribution in [0, 0.1) is 44.1 Å². The van der Waals surface area contributed by atoms with Crippen molar-refractivity contribution in [1.82, 2.24) is 9.97 Å². The summed E-state index contributed by atoms with van der Waals surface area (Å²) < 4.78 is 74.3. The van der Waals surface area contributed by atoms with E-state index in [0.29, 0.717) is 11.1 Å². The summed E-state index contributed by atoms with van der Waals surface area (Å²) in [5.41, 5.74) is 4.55. The number of H-pyrrole nitrogens is 2. The largest absolute Gasteiger partial charge is 0.382 e. The standard InChI is InChI=1S/C34H28F5IN2O2Si/c1-45(2,3)17-16-18-4-6-19(7-5-18)33(43)24-14-12-22(41-24)26(27-28(35)30(37)32(39)31(38)29(27)36)23-13-15-25(42-23)34(44)20-8-10-21(40)11-9-20/h4-15,26,33-34,41-44H,1-3H3. The first-order chi connectivity index (χ1) is 21.2. The van der Waals surface area contributed by atoms with Crippen LogP contribution in [0.5, 0.6) is 0 Å². The van der Waals surface area contributed by atoms with Gasteiger partial charge in [0.15, 0.2) is 23.3 Å². The van der Waals surface area contributed by atoms with E-state index >= 15 is 8.78 Å². The second-order valence-electron chi connectivity index (χ2n) is 11.6. The third-order valence-corrected chi connectivity index (χ3v) is 8.79. The molecule has 45 heavy (non-hydrogen) atoms. The molecule has 4 N–H and O–H groups in total. The van der Waals surface area contributed by atoms with Gasteiger partial charge in [-0.2, -0.15) is 0 Å². The molecule has 3 atom stereocenters. The van der Waals surface area contributed by atoms with Crippen LogP contribution in [0.2, 0.25) is 19.6 Å². The zero-order valence-electron chi connectivity index (χ0n) is 24.3. The van der Waals surface area contributed by atoms with Crippen molar-refractivity contribution >= 4 is 30.7 Å². The van der Waals surface area contributed by atoms with Crippen molar-refractivity contribution in [2.75, 3.05) is 0 Å². The first kappa shape index (κ1) is 32.7. The maximum absolute atomic E-state index is 15.2. The van der Waals surface area contributed by atoms with Gasteiger partial charge in [0.25, 0.3) is 0 Å². The molecule has 5 aromatic rings. The monoisotopic (exact) mass is 746 g/mol. The van der Waals surface area contributed by atoms with E-state index in [1.807, 2.05) is 0 Å². The Bertz CT molecular complexity index is 1880. The van der Waals surface area contributed by atoms with Crippen molar-refractivity contribution in [3.63, 3.8) is 0 Å². The Kier molecular flexibility index (Phi) is 9.41. The van der Waals surface area contributed by atoms with Gasteiger partial charge in [-0.25, -0.2) is 22.0 Å².